The second-order valence-electron chi connectivity index (χ2n) is 10.3. The smallest absolute Gasteiger partial charge is 0.00586 e. The molecule has 4 bridgehead atoms. The van der Waals surface area contributed by atoms with Gasteiger partial charge >= 0.3 is 0 Å². The van der Waals surface area contributed by atoms with Crippen molar-refractivity contribution in [2.24, 2.45) is 39.4 Å². The fraction of sp³-hybridized carbons (Fsp3) is 0.810. The molecule has 21 heavy (non-hydrogen) atoms. The summed E-state index contributed by atoms with van der Waals surface area (Å²) < 4.78 is 0. The predicted molar refractivity (Wildman–Crippen MR) is 87.8 cm³/mol. The molecule has 0 unspecified atom stereocenters. The zero-order valence-corrected chi connectivity index (χ0v) is 14.6. The van der Waals surface area contributed by atoms with Crippen molar-refractivity contribution in [1.82, 2.24) is 0 Å². The molecule has 0 N–H and O–H groups in total. The zero-order chi connectivity index (χ0) is 15.0. The summed E-state index contributed by atoms with van der Waals surface area (Å²) >= 11 is 0. The van der Waals surface area contributed by atoms with E-state index in [0.717, 1.165) is 17.8 Å². The molecule has 0 aromatic carbocycles. The lowest BCUT2D eigenvalue weighted by molar-refractivity contribution is 0.164. The van der Waals surface area contributed by atoms with Crippen molar-refractivity contribution in [3.05, 3.63) is 22.8 Å². The Morgan fingerprint density at radius 2 is 1.52 bits per heavy atom. The van der Waals surface area contributed by atoms with Gasteiger partial charge < -0.3 is 0 Å². The lowest BCUT2D eigenvalue weighted by atomic mass is 9.65. The SMILES string of the molecule is CC1(C)[C@@H]2CC[C@]1(C)C1=CC3=C([C@@H]12)[C@@H]1CC[C@@]3(C)C1(C)C. The molecule has 0 saturated heterocycles. The molecular formula is C21H30. The van der Waals surface area contributed by atoms with Crippen LogP contribution < -0.4 is 0 Å². The summed E-state index contributed by atoms with van der Waals surface area (Å²) in [7, 11) is 0. The van der Waals surface area contributed by atoms with E-state index in [1.807, 2.05) is 11.1 Å². The Morgan fingerprint density at radius 3 is 2.24 bits per heavy atom. The highest BCUT2D eigenvalue weighted by Crippen LogP contribution is 2.80. The molecule has 3 saturated carbocycles. The molecule has 0 heteroatoms. The third kappa shape index (κ3) is 0.991. The van der Waals surface area contributed by atoms with Crippen LogP contribution in [0, 0.1) is 39.4 Å². The minimum Gasteiger partial charge on any atom is -0.0588 e. The van der Waals surface area contributed by atoms with Crippen LogP contribution in [0.5, 0.6) is 0 Å². The van der Waals surface area contributed by atoms with E-state index < -0.39 is 0 Å². The van der Waals surface area contributed by atoms with Gasteiger partial charge in [0.15, 0.2) is 0 Å². The number of hydrogen-bond donors (Lipinski definition) is 0. The molecule has 3 fully saturated rings. The first-order valence-corrected chi connectivity index (χ1v) is 9.13. The Balaban J connectivity index is 1.72. The van der Waals surface area contributed by atoms with Crippen molar-refractivity contribution in [2.45, 2.75) is 67.2 Å². The van der Waals surface area contributed by atoms with Gasteiger partial charge in [-0.05, 0) is 64.8 Å². The normalized spacial score (nSPS) is 54.2. The second-order valence-corrected chi connectivity index (χ2v) is 10.3. The minimum absolute atomic E-state index is 0.463. The third-order valence-corrected chi connectivity index (χ3v) is 9.82. The molecule has 5 rings (SSSR count). The van der Waals surface area contributed by atoms with Crippen LogP contribution in [-0.2, 0) is 0 Å². The summed E-state index contributed by atoms with van der Waals surface area (Å²) in [6.45, 7) is 15.4. The maximum atomic E-state index is 2.72. The minimum atomic E-state index is 0.463. The van der Waals surface area contributed by atoms with Crippen LogP contribution in [0.4, 0.5) is 0 Å². The van der Waals surface area contributed by atoms with Gasteiger partial charge in [0.05, 0.1) is 0 Å². The molecule has 0 aliphatic heterocycles. The number of allylic oxidation sites excluding steroid dienone is 4. The van der Waals surface area contributed by atoms with E-state index in [2.05, 4.69) is 47.6 Å². The first-order chi connectivity index (χ1) is 9.66. The highest BCUT2D eigenvalue weighted by molar-refractivity contribution is 5.59. The average Bonchev–Trinajstić information content (AvgIpc) is 3.03. The van der Waals surface area contributed by atoms with E-state index in [0.29, 0.717) is 21.7 Å². The molecule has 0 aromatic heterocycles. The molecule has 0 radical (unpaired) electrons. The van der Waals surface area contributed by atoms with E-state index in [1.165, 1.54) is 25.7 Å². The third-order valence-electron chi connectivity index (χ3n) is 9.82. The Bertz CT molecular complexity index is 628. The Morgan fingerprint density at radius 1 is 0.857 bits per heavy atom. The summed E-state index contributed by atoms with van der Waals surface area (Å²) in [5.74, 6) is 2.62. The maximum absolute atomic E-state index is 2.72. The molecule has 0 nitrogen and oxygen atoms in total. The quantitative estimate of drug-likeness (QED) is 0.530. The van der Waals surface area contributed by atoms with Gasteiger partial charge in [-0.1, -0.05) is 58.8 Å². The second kappa shape index (κ2) is 3.08. The van der Waals surface area contributed by atoms with Crippen LogP contribution in [0.3, 0.4) is 0 Å². The zero-order valence-electron chi connectivity index (χ0n) is 14.6. The van der Waals surface area contributed by atoms with Crippen molar-refractivity contribution in [1.29, 1.82) is 0 Å². The van der Waals surface area contributed by atoms with Crippen LogP contribution in [0.15, 0.2) is 22.8 Å². The molecule has 0 spiro atoms. The van der Waals surface area contributed by atoms with Crippen molar-refractivity contribution >= 4 is 0 Å². The molecule has 0 amide bonds. The van der Waals surface area contributed by atoms with Crippen LogP contribution in [0.25, 0.3) is 0 Å². The Kier molecular flexibility index (Phi) is 1.90. The van der Waals surface area contributed by atoms with Crippen molar-refractivity contribution in [3.63, 3.8) is 0 Å². The predicted octanol–water partition coefficient (Wildman–Crippen LogP) is 5.75. The number of fused-ring (bicyclic) bond motifs is 10. The highest BCUT2D eigenvalue weighted by atomic mass is 14.7. The van der Waals surface area contributed by atoms with Gasteiger partial charge in [0, 0.05) is 5.92 Å². The molecule has 114 valence electrons. The van der Waals surface area contributed by atoms with Gasteiger partial charge in [0.2, 0.25) is 0 Å². The van der Waals surface area contributed by atoms with Gasteiger partial charge in [-0.3, -0.25) is 0 Å². The fourth-order valence-corrected chi connectivity index (χ4v) is 7.64. The summed E-state index contributed by atoms with van der Waals surface area (Å²) in [4.78, 5) is 0. The molecular weight excluding hydrogens is 252 g/mol. The largest absolute Gasteiger partial charge is 0.0588 e. The standard InChI is InChI=1S/C21H30/c1-18(2)12-7-9-20(18,5)14-11-15-17(16(12)14)13-8-10-21(15,6)19(13,3)4/h11-13,16H,7-10H2,1-6H3/t12-,13+,16-,20-,21-/m1/s1. The number of hydrogen-bond acceptors (Lipinski definition) is 0. The molecule has 0 heterocycles. The molecule has 0 aromatic rings. The van der Waals surface area contributed by atoms with Gasteiger partial charge in [0.25, 0.3) is 0 Å². The fourth-order valence-electron chi connectivity index (χ4n) is 7.64. The summed E-state index contributed by atoms with van der Waals surface area (Å²) in [6, 6.07) is 0. The molecule has 5 aliphatic carbocycles. The van der Waals surface area contributed by atoms with Crippen LogP contribution in [0.2, 0.25) is 0 Å². The molecule has 5 aliphatic rings. The summed E-state index contributed by atoms with van der Waals surface area (Å²) in [5.41, 5.74) is 7.52. The van der Waals surface area contributed by atoms with Crippen LogP contribution in [0.1, 0.15) is 67.2 Å². The maximum Gasteiger partial charge on any atom is 0.00586 e. The van der Waals surface area contributed by atoms with E-state index in [9.17, 15) is 0 Å². The monoisotopic (exact) mass is 282 g/mol. The van der Waals surface area contributed by atoms with Gasteiger partial charge in [0.1, 0.15) is 0 Å². The highest BCUT2D eigenvalue weighted by Gasteiger charge is 2.70. The van der Waals surface area contributed by atoms with Crippen molar-refractivity contribution < 1.29 is 0 Å². The van der Waals surface area contributed by atoms with Gasteiger partial charge in [-0.25, -0.2) is 0 Å². The van der Waals surface area contributed by atoms with E-state index >= 15 is 0 Å². The topological polar surface area (TPSA) is 0 Å². The molecule has 5 atom stereocenters. The first-order valence-electron chi connectivity index (χ1n) is 9.13. The van der Waals surface area contributed by atoms with Crippen molar-refractivity contribution in [3.8, 4) is 0 Å². The Labute approximate surface area is 130 Å². The summed E-state index contributed by atoms with van der Waals surface area (Å²) in [5, 5.41) is 0. The van der Waals surface area contributed by atoms with E-state index in [-0.39, 0.29) is 0 Å². The lowest BCUT2D eigenvalue weighted by Crippen LogP contribution is -2.31. The average molecular weight is 282 g/mol. The van der Waals surface area contributed by atoms with Crippen LogP contribution >= 0.6 is 0 Å². The lowest BCUT2D eigenvalue weighted by Gasteiger charge is -2.39. The van der Waals surface area contributed by atoms with E-state index in [4.69, 9.17) is 0 Å². The first kappa shape index (κ1) is 13.0. The van der Waals surface area contributed by atoms with E-state index in [1.54, 1.807) is 5.57 Å². The Hall–Kier alpha value is -0.520. The van der Waals surface area contributed by atoms with Crippen molar-refractivity contribution in [2.75, 3.05) is 0 Å². The van der Waals surface area contributed by atoms with Gasteiger partial charge in [-0.2, -0.15) is 0 Å². The van der Waals surface area contributed by atoms with Crippen LogP contribution in [-0.4, -0.2) is 0 Å². The summed E-state index contributed by atoms with van der Waals surface area (Å²) in [6.07, 6.45) is 8.49. The number of rotatable bonds is 0. The van der Waals surface area contributed by atoms with Gasteiger partial charge in [-0.15, -0.1) is 0 Å².